The standard InChI is InChI=1S/C19H26N4O/c20-15-13-21-23(14-15)17-5-7-18(8-6-17)24-19-9-11-22(12-10-19)16-3-1-2-4-16/h5-8,13-14,16,19H,1-4,9-12,20H2. The summed E-state index contributed by atoms with van der Waals surface area (Å²) < 4.78 is 7.96. The number of benzene rings is 1. The molecule has 0 bridgehead atoms. The van der Waals surface area contributed by atoms with Crippen molar-refractivity contribution in [3.63, 3.8) is 0 Å². The highest BCUT2D eigenvalue weighted by atomic mass is 16.5. The van der Waals surface area contributed by atoms with Gasteiger partial charge >= 0.3 is 0 Å². The van der Waals surface area contributed by atoms with Gasteiger partial charge in [-0.1, -0.05) is 12.8 Å². The number of hydrogen-bond donors (Lipinski definition) is 1. The fourth-order valence-corrected chi connectivity index (χ4v) is 3.98. The summed E-state index contributed by atoms with van der Waals surface area (Å²) in [7, 11) is 0. The maximum atomic E-state index is 6.18. The molecule has 4 rings (SSSR count). The summed E-state index contributed by atoms with van der Waals surface area (Å²) in [5.41, 5.74) is 7.38. The van der Waals surface area contributed by atoms with Gasteiger partial charge in [0.2, 0.25) is 0 Å². The summed E-state index contributed by atoms with van der Waals surface area (Å²) in [6.07, 6.45) is 11.7. The highest BCUT2D eigenvalue weighted by Crippen LogP contribution is 2.27. The Labute approximate surface area is 143 Å². The average molecular weight is 326 g/mol. The second-order valence-electron chi connectivity index (χ2n) is 7.00. The maximum absolute atomic E-state index is 6.18. The van der Waals surface area contributed by atoms with E-state index in [0.29, 0.717) is 11.8 Å². The van der Waals surface area contributed by atoms with Crippen LogP contribution in [0.15, 0.2) is 36.7 Å². The van der Waals surface area contributed by atoms with Gasteiger partial charge in [-0.2, -0.15) is 5.10 Å². The van der Waals surface area contributed by atoms with Crippen LogP contribution in [0.1, 0.15) is 38.5 Å². The molecule has 1 saturated carbocycles. The number of rotatable bonds is 4. The number of likely N-dealkylation sites (tertiary alicyclic amines) is 1. The fraction of sp³-hybridized carbons (Fsp3) is 0.526. The lowest BCUT2D eigenvalue weighted by molar-refractivity contribution is 0.0768. The van der Waals surface area contributed by atoms with Gasteiger partial charge in [-0.25, -0.2) is 4.68 Å². The van der Waals surface area contributed by atoms with E-state index < -0.39 is 0 Å². The lowest BCUT2D eigenvalue weighted by atomic mass is 10.0. The second-order valence-corrected chi connectivity index (χ2v) is 7.00. The number of nitrogens with two attached hydrogens (primary N) is 1. The van der Waals surface area contributed by atoms with Gasteiger partial charge in [0.1, 0.15) is 11.9 Å². The molecule has 128 valence electrons. The van der Waals surface area contributed by atoms with Crippen molar-refractivity contribution in [2.75, 3.05) is 18.8 Å². The minimum atomic E-state index is 0.342. The molecule has 2 N–H and O–H groups in total. The highest BCUT2D eigenvalue weighted by molar-refractivity contribution is 5.40. The molecule has 1 aromatic heterocycles. The van der Waals surface area contributed by atoms with Gasteiger partial charge in [-0.05, 0) is 49.9 Å². The Balaban J connectivity index is 1.31. The smallest absolute Gasteiger partial charge is 0.119 e. The molecule has 2 fully saturated rings. The number of hydrogen-bond acceptors (Lipinski definition) is 4. The van der Waals surface area contributed by atoms with Crippen LogP contribution >= 0.6 is 0 Å². The molecule has 5 nitrogen and oxygen atoms in total. The number of piperidine rings is 1. The van der Waals surface area contributed by atoms with E-state index >= 15 is 0 Å². The van der Waals surface area contributed by atoms with Crippen molar-refractivity contribution in [2.24, 2.45) is 0 Å². The number of nitrogens with zero attached hydrogens (tertiary/aromatic N) is 3. The van der Waals surface area contributed by atoms with Crippen molar-refractivity contribution in [1.82, 2.24) is 14.7 Å². The van der Waals surface area contributed by atoms with E-state index in [0.717, 1.165) is 30.3 Å². The van der Waals surface area contributed by atoms with Crippen LogP contribution in [0.5, 0.6) is 5.75 Å². The molecular formula is C19H26N4O. The SMILES string of the molecule is Nc1cnn(-c2ccc(OC3CCN(C4CCCC4)CC3)cc2)c1. The van der Waals surface area contributed by atoms with Crippen LogP contribution in [0.25, 0.3) is 5.69 Å². The zero-order valence-corrected chi connectivity index (χ0v) is 14.1. The molecule has 24 heavy (non-hydrogen) atoms. The second kappa shape index (κ2) is 6.85. The molecule has 1 aliphatic heterocycles. The summed E-state index contributed by atoms with van der Waals surface area (Å²) in [5.74, 6) is 0.943. The van der Waals surface area contributed by atoms with Gasteiger partial charge in [0.05, 0.1) is 23.8 Å². The zero-order valence-electron chi connectivity index (χ0n) is 14.1. The van der Waals surface area contributed by atoms with Crippen LogP contribution < -0.4 is 10.5 Å². The summed E-state index contributed by atoms with van der Waals surface area (Å²) in [6.45, 7) is 2.36. The first kappa shape index (κ1) is 15.5. The Hall–Kier alpha value is -2.01. The van der Waals surface area contributed by atoms with Crippen LogP contribution in [-0.2, 0) is 0 Å². The minimum Gasteiger partial charge on any atom is -0.490 e. The van der Waals surface area contributed by atoms with Gasteiger partial charge in [-0.15, -0.1) is 0 Å². The minimum absolute atomic E-state index is 0.342. The maximum Gasteiger partial charge on any atom is 0.119 e. The third kappa shape index (κ3) is 3.41. The molecule has 2 aliphatic rings. The normalized spacial score (nSPS) is 20.5. The molecule has 5 heteroatoms. The Morgan fingerprint density at radius 3 is 2.33 bits per heavy atom. The van der Waals surface area contributed by atoms with Crippen molar-refractivity contribution in [3.05, 3.63) is 36.7 Å². The largest absolute Gasteiger partial charge is 0.490 e. The van der Waals surface area contributed by atoms with Gasteiger partial charge in [-0.3, -0.25) is 0 Å². The Morgan fingerprint density at radius 2 is 1.71 bits per heavy atom. The van der Waals surface area contributed by atoms with Crippen LogP contribution in [-0.4, -0.2) is 39.9 Å². The van der Waals surface area contributed by atoms with Gasteiger partial charge < -0.3 is 15.4 Å². The molecule has 2 aromatic rings. The molecule has 1 aromatic carbocycles. The van der Waals surface area contributed by atoms with Crippen molar-refractivity contribution in [2.45, 2.75) is 50.7 Å². The molecule has 0 spiro atoms. The molecule has 0 atom stereocenters. The van der Waals surface area contributed by atoms with Gasteiger partial charge in [0.15, 0.2) is 0 Å². The van der Waals surface area contributed by atoms with Crippen molar-refractivity contribution >= 4 is 5.69 Å². The van der Waals surface area contributed by atoms with E-state index in [2.05, 4.69) is 10.00 Å². The van der Waals surface area contributed by atoms with Gasteiger partial charge in [0, 0.05) is 19.1 Å². The molecule has 0 unspecified atom stereocenters. The molecule has 1 aliphatic carbocycles. The van der Waals surface area contributed by atoms with E-state index in [9.17, 15) is 0 Å². The predicted octanol–water partition coefficient (Wildman–Crippen LogP) is 3.24. The van der Waals surface area contributed by atoms with E-state index in [1.165, 1.54) is 38.8 Å². The first-order valence-corrected chi connectivity index (χ1v) is 9.09. The van der Waals surface area contributed by atoms with Crippen LogP contribution in [0.4, 0.5) is 5.69 Å². The van der Waals surface area contributed by atoms with E-state index in [-0.39, 0.29) is 0 Å². The first-order chi connectivity index (χ1) is 11.8. The van der Waals surface area contributed by atoms with Crippen LogP contribution in [0, 0.1) is 0 Å². The van der Waals surface area contributed by atoms with Gasteiger partial charge in [0.25, 0.3) is 0 Å². The van der Waals surface area contributed by atoms with E-state index in [4.69, 9.17) is 10.5 Å². The summed E-state index contributed by atoms with van der Waals surface area (Å²) in [4.78, 5) is 2.68. The lowest BCUT2D eigenvalue weighted by Gasteiger charge is -2.36. The molecule has 1 saturated heterocycles. The summed E-state index contributed by atoms with van der Waals surface area (Å²) in [5, 5.41) is 4.22. The summed E-state index contributed by atoms with van der Waals surface area (Å²) in [6, 6.07) is 8.93. The molecule has 0 amide bonds. The number of nitrogen functional groups attached to an aromatic ring is 1. The summed E-state index contributed by atoms with van der Waals surface area (Å²) >= 11 is 0. The number of aromatic nitrogens is 2. The zero-order chi connectivity index (χ0) is 16.4. The third-order valence-electron chi connectivity index (χ3n) is 5.32. The Bertz CT molecular complexity index is 652. The van der Waals surface area contributed by atoms with Crippen molar-refractivity contribution < 1.29 is 4.74 Å². The lowest BCUT2D eigenvalue weighted by Crippen LogP contribution is -2.43. The Kier molecular flexibility index (Phi) is 4.43. The van der Waals surface area contributed by atoms with E-state index in [1.807, 2.05) is 30.5 Å². The monoisotopic (exact) mass is 326 g/mol. The van der Waals surface area contributed by atoms with Crippen molar-refractivity contribution in [3.8, 4) is 11.4 Å². The molecule has 0 radical (unpaired) electrons. The van der Waals surface area contributed by atoms with Crippen LogP contribution in [0.2, 0.25) is 0 Å². The fourth-order valence-electron chi connectivity index (χ4n) is 3.98. The highest BCUT2D eigenvalue weighted by Gasteiger charge is 2.27. The topological polar surface area (TPSA) is 56.3 Å². The van der Waals surface area contributed by atoms with Crippen molar-refractivity contribution in [1.29, 1.82) is 0 Å². The van der Waals surface area contributed by atoms with Crippen LogP contribution in [0.3, 0.4) is 0 Å². The third-order valence-corrected chi connectivity index (χ3v) is 5.32. The quantitative estimate of drug-likeness (QED) is 0.937. The average Bonchev–Trinajstić information content (AvgIpc) is 3.28. The number of anilines is 1. The first-order valence-electron chi connectivity index (χ1n) is 9.09. The number of ether oxygens (including phenoxy) is 1. The Morgan fingerprint density at radius 1 is 1.00 bits per heavy atom. The predicted molar refractivity (Wildman–Crippen MR) is 95.5 cm³/mol. The van der Waals surface area contributed by atoms with E-state index in [1.54, 1.807) is 10.9 Å². The molecular weight excluding hydrogens is 300 g/mol. The molecule has 2 heterocycles.